The number of aromatic nitrogens is 1. The smallest absolute Gasteiger partial charge is 0.191 e. The Morgan fingerprint density at radius 2 is 2.00 bits per heavy atom. The number of nitrogens with zero attached hydrogens (tertiary/aromatic N) is 3. The molecular formula is C18H34IN5S. The lowest BCUT2D eigenvalue weighted by Crippen LogP contribution is -2.37. The first kappa shape index (κ1) is 22.6. The van der Waals surface area contributed by atoms with Crippen LogP contribution in [0.3, 0.4) is 0 Å². The zero-order valence-corrected chi connectivity index (χ0v) is 18.9. The van der Waals surface area contributed by atoms with E-state index in [-0.39, 0.29) is 24.0 Å². The molecule has 0 aromatic carbocycles. The van der Waals surface area contributed by atoms with Crippen LogP contribution in [0.1, 0.15) is 55.3 Å². The molecule has 1 aromatic heterocycles. The van der Waals surface area contributed by atoms with Crippen molar-refractivity contribution in [2.45, 2.75) is 58.9 Å². The van der Waals surface area contributed by atoms with Gasteiger partial charge in [0.25, 0.3) is 0 Å². The van der Waals surface area contributed by atoms with Gasteiger partial charge in [-0.2, -0.15) is 0 Å². The number of halogens is 1. The fraction of sp³-hybridized carbons (Fsp3) is 0.778. The number of piperidine rings is 1. The predicted molar refractivity (Wildman–Crippen MR) is 119 cm³/mol. The van der Waals surface area contributed by atoms with E-state index in [0.717, 1.165) is 24.1 Å². The Morgan fingerprint density at radius 3 is 2.68 bits per heavy atom. The van der Waals surface area contributed by atoms with E-state index in [1.807, 2.05) is 6.20 Å². The highest BCUT2D eigenvalue weighted by molar-refractivity contribution is 14.0. The number of unbranched alkanes of at least 4 members (excludes halogenated alkanes) is 2. The maximum absolute atomic E-state index is 4.62. The second kappa shape index (κ2) is 13.7. The van der Waals surface area contributed by atoms with E-state index >= 15 is 0 Å². The van der Waals surface area contributed by atoms with E-state index in [1.165, 1.54) is 63.0 Å². The van der Waals surface area contributed by atoms with E-state index in [0.29, 0.717) is 6.54 Å². The molecule has 2 heterocycles. The number of nitrogens with one attached hydrogen (secondary N) is 2. The third-order valence-corrected chi connectivity index (χ3v) is 5.18. The van der Waals surface area contributed by atoms with Gasteiger partial charge in [0, 0.05) is 24.2 Å². The summed E-state index contributed by atoms with van der Waals surface area (Å²) in [4.78, 5) is 12.9. The van der Waals surface area contributed by atoms with Gasteiger partial charge in [-0.3, -0.25) is 0 Å². The van der Waals surface area contributed by atoms with Crippen molar-refractivity contribution in [3.63, 3.8) is 0 Å². The van der Waals surface area contributed by atoms with Gasteiger partial charge in [0.05, 0.1) is 6.54 Å². The lowest BCUT2D eigenvalue weighted by atomic mass is 10.1. The topological polar surface area (TPSA) is 52.6 Å². The van der Waals surface area contributed by atoms with Crippen LogP contribution in [-0.4, -0.2) is 48.6 Å². The quantitative estimate of drug-likeness (QED) is 0.245. The molecule has 1 saturated heterocycles. The van der Waals surface area contributed by atoms with Crippen LogP contribution in [0.25, 0.3) is 0 Å². The number of thiazole rings is 1. The Morgan fingerprint density at radius 1 is 1.20 bits per heavy atom. The average Bonchev–Trinajstić information content (AvgIpc) is 3.02. The summed E-state index contributed by atoms with van der Waals surface area (Å²) >= 11 is 1.72. The molecular weight excluding hydrogens is 445 g/mol. The molecule has 0 aliphatic carbocycles. The lowest BCUT2D eigenvalue weighted by molar-refractivity contribution is 0.224. The zero-order chi connectivity index (χ0) is 17.0. The molecule has 0 saturated carbocycles. The molecule has 0 radical (unpaired) electrons. The summed E-state index contributed by atoms with van der Waals surface area (Å²) < 4.78 is 0. The number of rotatable bonds is 9. The van der Waals surface area contributed by atoms with Gasteiger partial charge in [-0.25, -0.2) is 9.98 Å². The summed E-state index contributed by atoms with van der Waals surface area (Å²) in [7, 11) is 0. The lowest BCUT2D eigenvalue weighted by Gasteiger charge is -2.26. The van der Waals surface area contributed by atoms with Crippen molar-refractivity contribution in [2.75, 3.05) is 32.7 Å². The van der Waals surface area contributed by atoms with E-state index in [1.54, 1.807) is 11.3 Å². The molecule has 1 aromatic rings. The monoisotopic (exact) mass is 479 g/mol. The van der Waals surface area contributed by atoms with Crippen molar-refractivity contribution in [3.8, 4) is 0 Å². The van der Waals surface area contributed by atoms with Crippen molar-refractivity contribution in [1.29, 1.82) is 0 Å². The first-order valence-corrected chi connectivity index (χ1v) is 10.3. The molecule has 0 atom stereocenters. The fourth-order valence-corrected chi connectivity index (χ4v) is 3.70. The minimum Gasteiger partial charge on any atom is -0.357 e. The largest absolute Gasteiger partial charge is 0.357 e. The number of aliphatic imine (C=N–C) groups is 1. The highest BCUT2D eigenvalue weighted by atomic mass is 127. The minimum absolute atomic E-state index is 0. The van der Waals surface area contributed by atoms with Gasteiger partial charge in [0.1, 0.15) is 5.01 Å². The summed E-state index contributed by atoms with van der Waals surface area (Å²) in [5.74, 6) is 0.904. The van der Waals surface area contributed by atoms with Gasteiger partial charge in [-0.15, -0.1) is 35.3 Å². The molecule has 1 fully saturated rings. The van der Waals surface area contributed by atoms with Gasteiger partial charge in [-0.05, 0) is 59.2 Å². The van der Waals surface area contributed by atoms with Crippen LogP contribution in [0.2, 0.25) is 0 Å². The van der Waals surface area contributed by atoms with Crippen LogP contribution >= 0.6 is 35.3 Å². The molecule has 0 amide bonds. The van der Waals surface area contributed by atoms with Crippen molar-refractivity contribution < 1.29 is 0 Å². The van der Waals surface area contributed by atoms with Crippen LogP contribution < -0.4 is 10.6 Å². The molecule has 7 heteroatoms. The Kier molecular flexibility index (Phi) is 12.4. The molecule has 2 N–H and O–H groups in total. The predicted octanol–water partition coefficient (Wildman–Crippen LogP) is 3.78. The normalized spacial score (nSPS) is 15.7. The maximum Gasteiger partial charge on any atom is 0.191 e. The highest BCUT2D eigenvalue weighted by Gasteiger charge is 2.08. The van der Waals surface area contributed by atoms with E-state index in [9.17, 15) is 0 Å². The SMILES string of the molecule is CCNC(=NCc1ncc(C)s1)NCCCCCN1CCCCC1.I. The minimum atomic E-state index is 0. The van der Waals surface area contributed by atoms with E-state index in [4.69, 9.17) is 0 Å². The molecule has 5 nitrogen and oxygen atoms in total. The Labute approximate surface area is 174 Å². The first-order chi connectivity index (χ1) is 11.8. The highest BCUT2D eigenvalue weighted by Crippen LogP contribution is 2.12. The molecule has 1 aliphatic heterocycles. The van der Waals surface area contributed by atoms with Crippen molar-refractivity contribution in [3.05, 3.63) is 16.1 Å². The molecule has 1 aliphatic rings. The number of hydrogen-bond acceptors (Lipinski definition) is 4. The summed E-state index contributed by atoms with van der Waals surface area (Å²) in [5.41, 5.74) is 0. The van der Waals surface area contributed by atoms with E-state index < -0.39 is 0 Å². The molecule has 0 unspecified atom stereocenters. The Bertz CT molecular complexity index is 486. The van der Waals surface area contributed by atoms with Crippen molar-refractivity contribution in [2.24, 2.45) is 4.99 Å². The average molecular weight is 479 g/mol. The third kappa shape index (κ3) is 9.75. The zero-order valence-electron chi connectivity index (χ0n) is 15.7. The fourth-order valence-electron chi connectivity index (χ4n) is 2.99. The molecule has 2 rings (SSSR count). The summed E-state index contributed by atoms with van der Waals surface area (Å²) in [6.07, 6.45) is 9.92. The molecule has 144 valence electrons. The van der Waals surface area contributed by atoms with E-state index in [2.05, 4.69) is 39.4 Å². The summed E-state index contributed by atoms with van der Waals surface area (Å²) in [6, 6.07) is 0. The van der Waals surface area contributed by atoms with Gasteiger partial charge in [0.2, 0.25) is 0 Å². The summed E-state index contributed by atoms with van der Waals surface area (Å²) in [6.45, 7) is 10.6. The van der Waals surface area contributed by atoms with Crippen LogP contribution in [0.4, 0.5) is 0 Å². The van der Waals surface area contributed by atoms with Crippen LogP contribution in [0, 0.1) is 6.92 Å². The third-order valence-electron chi connectivity index (χ3n) is 4.28. The van der Waals surface area contributed by atoms with Gasteiger partial charge in [-0.1, -0.05) is 12.8 Å². The molecule has 25 heavy (non-hydrogen) atoms. The summed E-state index contributed by atoms with van der Waals surface area (Å²) in [5, 5.41) is 7.82. The maximum atomic E-state index is 4.62. The van der Waals surface area contributed by atoms with Gasteiger partial charge >= 0.3 is 0 Å². The molecule has 0 spiro atoms. The van der Waals surface area contributed by atoms with Gasteiger partial charge < -0.3 is 15.5 Å². The number of likely N-dealkylation sites (tertiary alicyclic amines) is 1. The number of hydrogen-bond donors (Lipinski definition) is 2. The number of aryl methyl sites for hydroxylation is 1. The van der Waals surface area contributed by atoms with Crippen molar-refractivity contribution >= 4 is 41.3 Å². The second-order valence-electron chi connectivity index (χ2n) is 6.45. The first-order valence-electron chi connectivity index (χ1n) is 9.44. The van der Waals surface area contributed by atoms with Crippen LogP contribution in [-0.2, 0) is 6.54 Å². The standard InChI is InChI=1S/C18H33N5S.HI/c1-3-19-18(22-15-17-21-14-16(2)24-17)20-10-6-4-7-11-23-12-8-5-9-13-23;/h14H,3-13,15H2,1-2H3,(H2,19,20,22);1H. The second-order valence-corrected chi connectivity index (χ2v) is 7.77. The number of guanidine groups is 1. The van der Waals surface area contributed by atoms with Crippen LogP contribution in [0.15, 0.2) is 11.2 Å². The van der Waals surface area contributed by atoms with Crippen molar-refractivity contribution in [1.82, 2.24) is 20.5 Å². The Hall–Kier alpha value is -0.410. The molecule has 0 bridgehead atoms. The van der Waals surface area contributed by atoms with Crippen LogP contribution in [0.5, 0.6) is 0 Å². The Balaban J connectivity index is 0.00000312. The van der Waals surface area contributed by atoms with Gasteiger partial charge in [0.15, 0.2) is 5.96 Å².